The number of hydrogen-bond acceptors (Lipinski definition) is 7. The number of urea groups is 1. The summed E-state index contributed by atoms with van der Waals surface area (Å²) in [6, 6.07) is 24.1. The van der Waals surface area contributed by atoms with E-state index in [9.17, 15) is 9.59 Å². The number of amides is 2. The van der Waals surface area contributed by atoms with Crippen molar-refractivity contribution in [2.24, 2.45) is 5.73 Å². The number of nitrogens with two attached hydrogens (primary N) is 1. The minimum atomic E-state index is -1.07. The summed E-state index contributed by atoms with van der Waals surface area (Å²) in [6.45, 7) is 2.23. The molecule has 1 aromatic heterocycles. The predicted octanol–water partition coefficient (Wildman–Crippen LogP) is 5.28. The van der Waals surface area contributed by atoms with E-state index in [0.717, 1.165) is 22.1 Å². The first kappa shape index (κ1) is 24.3. The van der Waals surface area contributed by atoms with E-state index in [0.29, 0.717) is 30.2 Å². The van der Waals surface area contributed by atoms with Crippen LogP contribution in [0, 0.1) is 6.92 Å². The number of carbonyl (C=O) groups excluding carboxylic acids is 2. The lowest BCUT2D eigenvalue weighted by Crippen LogP contribution is -2.38. The average molecular weight is 488 g/mol. The summed E-state index contributed by atoms with van der Waals surface area (Å²) in [5, 5.41) is 0.721. The van der Waals surface area contributed by atoms with Gasteiger partial charge in [-0.05, 0) is 48.9 Å². The van der Waals surface area contributed by atoms with Crippen LogP contribution in [-0.4, -0.2) is 28.8 Å². The van der Waals surface area contributed by atoms with E-state index >= 15 is 0 Å². The largest absolute Gasteiger partial charge is 0.539 e. The van der Waals surface area contributed by atoms with E-state index in [4.69, 9.17) is 24.5 Å². The summed E-state index contributed by atoms with van der Waals surface area (Å²) in [6.07, 6.45) is -0.491. The standard InChI is InChI=1S/C27H25N3O6/c1-19-24(29-25(34-19)21-8-4-2-5-9-21)16-17-33-22-14-12-20(13-15-22)18-30(26(28)31)36-27(32)35-23-10-6-3-7-11-23/h2-15H,16-18H2,1H3,(H2,28,31). The molecule has 0 atom stereocenters. The summed E-state index contributed by atoms with van der Waals surface area (Å²) >= 11 is 0. The Balaban J connectivity index is 1.28. The molecule has 9 nitrogen and oxygen atoms in total. The SMILES string of the molecule is Cc1oc(-c2ccccc2)nc1CCOc1ccc(CN(OC(=O)Oc2ccccc2)C(N)=O)cc1. The molecule has 2 N–H and O–H groups in total. The van der Waals surface area contributed by atoms with Gasteiger partial charge in [0.2, 0.25) is 5.89 Å². The fraction of sp³-hybridized carbons (Fsp3) is 0.148. The number of oxazole rings is 1. The van der Waals surface area contributed by atoms with E-state index in [1.54, 1.807) is 54.6 Å². The van der Waals surface area contributed by atoms with Crippen LogP contribution >= 0.6 is 0 Å². The highest BCUT2D eigenvalue weighted by molar-refractivity contribution is 5.73. The molecule has 4 aromatic rings. The van der Waals surface area contributed by atoms with Gasteiger partial charge in [-0.2, -0.15) is 0 Å². The van der Waals surface area contributed by atoms with E-state index in [2.05, 4.69) is 4.98 Å². The molecule has 0 aliphatic carbocycles. The number of para-hydroxylation sites is 1. The van der Waals surface area contributed by atoms with E-state index in [-0.39, 0.29) is 12.3 Å². The van der Waals surface area contributed by atoms with Crippen molar-refractivity contribution in [2.45, 2.75) is 19.9 Å². The van der Waals surface area contributed by atoms with Crippen LogP contribution in [0.25, 0.3) is 11.5 Å². The normalized spacial score (nSPS) is 10.5. The highest BCUT2D eigenvalue weighted by Gasteiger charge is 2.18. The first-order chi connectivity index (χ1) is 17.5. The lowest BCUT2D eigenvalue weighted by molar-refractivity contribution is -0.0807. The van der Waals surface area contributed by atoms with Crippen LogP contribution in [0.4, 0.5) is 9.59 Å². The molecular weight excluding hydrogens is 462 g/mol. The van der Waals surface area contributed by atoms with Crippen LogP contribution in [0.5, 0.6) is 11.5 Å². The molecule has 3 aromatic carbocycles. The lowest BCUT2D eigenvalue weighted by Gasteiger charge is -2.18. The number of aryl methyl sites for hydroxylation is 1. The van der Waals surface area contributed by atoms with Gasteiger partial charge >= 0.3 is 12.2 Å². The Morgan fingerprint density at radius 1 is 0.917 bits per heavy atom. The Morgan fingerprint density at radius 3 is 2.25 bits per heavy atom. The molecule has 0 unspecified atom stereocenters. The van der Waals surface area contributed by atoms with Crippen LogP contribution in [0.15, 0.2) is 89.3 Å². The minimum absolute atomic E-state index is 0.0557. The molecule has 9 heteroatoms. The average Bonchev–Trinajstić information content (AvgIpc) is 3.26. The summed E-state index contributed by atoms with van der Waals surface area (Å²) in [7, 11) is 0. The van der Waals surface area contributed by atoms with Gasteiger partial charge in [0.25, 0.3) is 0 Å². The molecule has 36 heavy (non-hydrogen) atoms. The molecule has 0 bridgehead atoms. The zero-order valence-electron chi connectivity index (χ0n) is 19.6. The fourth-order valence-corrected chi connectivity index (χ4v) is 3.34. The Labute approximate surface area is 208 Å². The minimum Gasteiger partial charge on any atom is -0.493 e. The van der Waals surface area contributed by atoms with E-state index in [1.807, 2.05) is 37.3 Å². The molecular formula is C27H25N3O6. The van der Waals surface area contributed by atoms with Crippen LogP contribution in [-0.2, 0) is 17.8 Å². The maximum atomic E-state index is 12.0. The third kappa shape index (κ3) is 6.63. The second-order valence-electron chi connectivity index (χ2n) is 7.76. The zero-order valence-corrected chi connectivity index (χ0v) is 19.6. The second kappa shape index (κ2) is 11.6. The number of ether oxygens (including phenoxy) is 2. The molecule has 0 aliphatic heterocycles. The quantitative estimate of drug-likeness (QED) is 0.204. The second-order valence-corrected chi connectivity index (χ2v) is 7.76. The number of hydroxylamine groups is 2. The predicted molar refractivity (Wildman–Crippen MR) is 131 cm³/mol. The van der Waals surface area contributed by atoms with Crippen LogP contribution in [0.2, 0.25) is 0 Å². The number of benzene rings is 3. The highest BCUT2D eigenvalue weighted by atomic mass is 16.8. The van der Waals surface area contributed by atoms with Gasteiger partial charge in [-0.15, -0.1) is 5.06 Å². The number of hydrogen-bond donors (Lipinski definition) is 1. The van der Waals surface area contributed by atoms with Crippen molar-refractivity contribution in [2.75, 3.05) is 6.61 Å². The zero-order chi connectivity index (χ0) is 25.3. The Kier molecular flexibility index (Phi) is 7.82. The van der Waals surface area contributed by atoms with Crippen molar-refractivity contribution < 1.29 is 28.3 Å². The number of rotatable bonds is 8. The summed E-state index contributed by atoms with van der Waals surface area (Å²) in [4.78, 5) is 33.3. The Morgan fingerprint density at radius 2 is 1.58 bits per heavy atom. The molecule has 0 saturated heterocycles. The molecule has 2 amide bonds. The Bertz CT molecular complexity index is 1290. The third-order valence-electron chi connectivity index (χ3n) is 5.15. The number of carbonyl (C=O) groups is 2. The number of nitrogens with zero attached hydrogens (tertiary/aromatic N) is 2. The van der Waals surface area contributed by atoms with Gasteiger partial charge in [0.05, 0.1) is 18.8 Å². The maximum Gasteiger partial charge on any atom is 0.539 e. The molecule has 0 saturated carbocycles. The monoisotopic (exact) mass is 487 g/mol. The molecule has 0 aliphatic rings. The molecule has 0 radical (unpaired) electrons. The first-order valence-corrected chi connectivity index (χ1v) is 11.2. The lowest BCUT2D eigenvalue weighted by atomic mass is 10.2. The topological polar surface area (TPSA) is 117 Å². The summed E-state index contributed by atoms with van der Waals surface area (Å²) in [5.41, 5.74) is 7.78. The van der Waals surface area contributed by atoms with Gasteiger partial charge in [-0.3, -0.25) is 0 Å². The van der Waals surface area contributed by atoms with Crippen molar-refractivity contribution in [1.29, 1.82) is 0 Å². The van der Waals surface area contributed by atoms with Crippen molar-refractivity contribution >= 4 is 12.2 Å². The summed E-state index contributed by atoms with van der Waals surface area (Å²) < 4.78 is 16.6. The molecule has 4 rings (SSSR count). The van der Waals surface area contributed by atoms with Crippen molar-refractivity contribution in [3.63, 3.8) is 0 Å². The number of primary amides is 1. The van der Waals surface area contributed by atoms with E-state index in [1.165, 1.54) is 0 Å². The van der Waals surface area contributed by atoms with Crippen LogP contribution in [0.1, 0.15) is 17.0 Å². The first-order valence-electron chi connectivity index (χ1n) is 11.2. The maximum absolute atomic E-state index is 12.0. The number of aromatic nitrogens is 1. The molecule has 1 heterocycles. The fourth-order valence-electron chi connectivity index (χ4n) is 3.34. The van der Waals surface area contributed by atoms with Gasteiger partial charge in [0.15, 0.2) is 0 Å². The van der Waals surface area contributed by atoms with E-state index < -0.39 is 12.2 Å². The smallest absolute Gasteiger partial charge is 0.493 e. The third-order valence-corrected chi connectivity index (χ3v) is 5.15. The van der Waals surface area contributed by atoms with Gasteiger partial charge in [0.1, 0.15) is 17.3 Å². The van der Waals surface area contributed by atoms with Crippen molar-refractivity contribution in [3.8, 4) is 23.0 Å². The molecule has 184 valence electrons. The summed E-state index contributed by atoms with van der Waals surface area (Å²) in [5.74, 6) is 2.26. The van der Waals surface area contributed by atoms with Gasteiger partial charge < -0.3 is 24.5 Å². The van der Waals surface area contributed by atoms with Crippen LogP contribution < -0.4 is 15.2 Å². The van der Waals surface area contributed by atoms with Gasteiger partial charge in [-0.1, -0.05) is 48.5 Å². The van der Waals surface area contributed by atoms with Crippen molar-refractivity contribution in [1.82, 2.24) is 10.0 Å². The molecule has 0 spiro atoms. The van der Waals surface area contributed by atoms with Gasteiger partial charge in [0, 0.05) is 12.0 Å². The highest BCUT2D eigenvalue weighted by Crippen LogP contribution is 2.22. The molecule has 0 fully saturated rings. The van der Waals surface area contributed by atoms with Crippen LogP contribution in [0.3, 0.4) is 0 Å². The Hall–Kier alpha value is -4.79. The van der Waals surface area contributed by atoms with Crippen molar-refractivity contribution in [3.05, 3.63) is 102 Å². The van der Waals surface area contributed by atoms with Gasteiger partial charge in [-0.25, -0.2) is 14.6 Å².